The lowest BCUT2D eigenvalue weighted by Gasteiger charge is -2.34. The van der Waals surface area contributed by atoms with E-state index in [0.717, 1.165) is 6.26 Å². The fourth-order valence-electron chi connectivity index (χ4n) is 2.45. The zero-order chi connectivity index (χ0) is 16.5. The molecule has 2 rings (SSSR count). The Balaban J connectivity index is 2.36. The topological polar surface area (TPSA) is 75.3 Å². The Morgan fingerprint density at radius 1 is 1.14 bits per heavy atom. The summed E-state index contributed by atoms with van der Waals surface area (Å²) in [6.07, 6.45) is 0.964. The molecule has 0 aromatic heterocycles. The van der Waals surface area contributed by atoms with Crippen LogP contribution in [0.25, 0.3) is 0 Å². The third-order valence-corrected chi connectivity index (χ3v) is 5.81. The van der Waals surface area contributed by atoms with E-state index >= 15 is 0 Å². The van der Waals surface area contributed by atoms with Crippen molar-refractivity contribution in [2.45, 2.75) is 17.6 Å². The average Bonchev–Trinajstić information content (AvgIpc) is 2.44. The first kappa shape index (κ1) is 16.8. The lowest BCUT2D eigenvalue weighted by atomic mass is 9.95. The largest absolute Gasteiger partial charge is 0.322 e. The summed E-state index contributed by atoms with van der Waals surface area (Å²) in [7, 11) is -3.78. The van der Waals surface area contributed by atoms with Crippen molar-refractivity contribution in [3.8, 4) is 0 Å². The number of sulfone groups is 1. The number of piperidine rings is 1. The molecule has 1 aliphatic heterocycles. The number of nitrogens with one attached hydrogen (secondary N) is 2. The number of rotatable bonds is 3. The number of anilines is 1. The molecule has 22 heavy (non-hydrogen) atoms. The van der Waals surface area contributed by atoms with Crippen LogP contribution in [0.4, 0.5) is 18.9 Å². The van der Waals surface area contributed by atoms with Gasteiger partial charge in [0, 0.05) is 18.4 Å². The second-order valence-electron chi connectivity index (χ2n) is 5.22. The monoisotopic (exact) mass is 336 g/mol. The van der Waals surface area contributed by atoms with Gasteiger partial charge in [-0.05, 0) is 25.9 Å². The second-order valence-corrected chi connectivity index (χ2v) is 7.54. The molecule has 2 N–H and O–H groups in total. The number of amides is 1. The first-order chi connectivity index (χ1) is 10.2. The van der Waals surface area contributed by atoms with Crippen molar-refractivity contribution < 1.29 is 26.4 Å². The van der Waals surface area contributed by atoms with Gasteiger partial charge >= 0.3 is 0 Å². The van der Waals surface area contributed by atoms with Crippen molar-refractivity contribution in [1.82, 2.24) is 5.32 Å². The molecule has 1 fully saturated rings. The van der Waals surface area contributed by atoms with Crippen LogP contribution in [0.2, 0.25) is 0 Å². The highest BCUT2D eigenvalue weighted by Crippen LogP contribution is 2.30. The molecule has 1 heterocycles. The minimum atomic E-state index is -3.78. The van der Waals surface area contributed by atoms with E-state index in [-0.39, 0.29) is 12.8 Å². The van der Waals surface area contributed by atoms with Gasteiger partial charge in [-0.1, -0.05) is 0 Å². The van der Waals surface area contributed by atoms with E-state index in [0.29, 0.717) is 25.2 Å². The first-order valence-electron chi connectivity index (χ1n) is 6.54. The number of carbonyl (C=O) groups excluding carboxylic acids is 1. The lowest BCUT2D eigenvalue weighted by molar-refractivity contribution is -0.119. The van der Waals surface area contributed by atoms with Crippen LogP contribution in [0.3, 0.4) is 0 Å². The van der Waals surface area contributed by atoms with E-state index in [1.807, 2.05) is 0 Å². The minimum absolute atomic E-state index is 0.0168. The molecule has 1 saturated heterocycles. The molecular formula is C13H15F3N2O3S. The SMILES string of the molecule is CS(=O)(=O)C1(C(=O)Nc2cc(F)c(F)cc2F)CCNCC1. The highest BCUT2D eigenvalue weighted by molar-refractivity contribution is 7.92. The van der Waals surface area contributed by atoms with Crippen LogP contribution in [0, 0.1) is 17.5 Å². The average molecular weight is 336 g/mol. The zero-order valence-electron chi connectivity index (χ0n) is 11.8. The van der Waals surface area contributed by atoms with E-state index in [4.69, 9.17) is 0 Å². The Hall–Kier alpha value is -1.61. The third-order valence-electron chi connectivity index (χ3n) is 3.79. The Morgan fingerprint density at radius 3 is 2.23 bits per heavy atom. The standard InChI is InChI=1S/C13H15F3N2O3S/c1-22(20,21)13(2-4-17-5-3-13)12(19)18-11-7-9(15)8(14)6-10(11)16/h6-7,17H,2-5H2,1H3,(H,18,19). The van der Waals surface area contributed by atoms with Gasteiger partial charge in [-0.25, -0.2) is 21.6 Å². The number of hydrogen-bond acceptors (Lipinski definition) is 4. The molecule has 0 unspecified atom stereocenters. The van der Waals surface area contributed by atoms with Gasteiger partial charge in [-0.3, -0.25) is 4.79 Å². The quantitative estimate of drug-likeness (QED) is 0.814. The van der Waals surface area contributed by atoms with Gasteiger partial charge in [0.25, 0.3) is 0 Å². The zero-order valence-corrected chi connectivity index (χ0v) is 12.6. The fourth-order valence-corrected chi connectivity index (χ4v) is 3.78. The molecule has 1 aromatic carbocycles. The van der Waals surface area contributed by atoms with Crippen LogP contribution in [-0.2, 0) is 14.6 Å². The fraction of sp³-hybridized carbons (Fsp3) is 0.462. The Labute approximate surface area is 125 Å². The molecule has 0 aliphatic carbocycles. The number of hydrogen-bond donors (Lipinski definition) is 2. The van der Waals surface area contributed by atoms with Crippen LogP contribution in [0.15, 0.2) is 12.1 Å². The molecule has 0 atom stereocenters. The van der Waals surface area contributed by atoms with Gasteiger partial charge in [0.15, 0.2) is 26.2 Å². The van der Waals surface area contributed by atoms with Crippen molar-refractivity contribution in [2.75, 3.05) is 24.7 Å². The number of benzene rings is 1. The van der Waals surface area contributed by atoms with Crippen LogP contribution < -0.4 is 10.6 Å². The Morgan fingerprint density at radius 2 is 1.68 bits per heavy atom. The summed E-state index contributed by atoms with van der Waals surface area (Å²) in [5.74, 6) is -4.85. The molecule has 0 saturated carbocycles. The number of carbonyl (C=O) groups is 1. The summed E-state index contributed by atoms with van der Waals surface area (Å²) in [6, 6.07) is 0.778. The third kappa shape index (κ3) is 2.95. The Bertz CT molecular complexity index is 701. The summed E-state index contributed by atoms with van der Waals surface area (Å²) in [5, 5.41) is 5.00. The predicted octanol–water partition coefficient (Wildman–Crippen LogP) is 1.21. The maximum Gasteiger partial charge on any atom is 0.246 e. The molecule has 5 nitrogen and oxygen atoms in total. The van der Waals surface area contributed by atoms with Gasteiger partial charge in [-0.2, -0.15) is 0 Å². The van der Waals surface area contributed by atoms with Crippen molar-refractivity contribution in [2.24, 2.45) is 0 Å². The lowest BCUT2D eigenvalue weighted by Crippen LogP contribution is -2.55. The summed E-state index contributed by atoms with van der Waals surface area (Å²) in [6.45, 7) is 0.613. The van der Waals surface area contributed by atoms with Gasteiger partial charge in [0.2, 0.25) is 5.91 Å². The Kier molecular flexibility index (Phi) is 4.48. The highest BCUT2D eigenvalue weighted by atomic mass is 32.2. The second kappa shape index (κ2) is 5.88. The summed E-state index contributed by atoms with van der Waals surface area (Å²) in [5.41, 5.74) is -0.592. The van der Waals surface area contributed by atoms with Gasteiger partial charge in [0.1, 0.15) is 5.82 Å². The van der Waals surface area contributed by atoms with Gasteiger partial charge < -0.3 is 10.6 Å². The van der Waals surface area contributed by atoms with E-state index in [1.165, 1.54) is 0 Å². The van der Waals surface area contributed by atoms with Crippen LogP contribution in [0.5, 0.6) is 0 Å². The molecule has 0 spiro atoms. The van der Waals surface area contributed by atoms with Crippen molar-refractivity contribution in [1.29, 1.82) is 0 Å². The predicted molar refractivity (Wildman–Crippen MR) is 74.6 cm³/mol. The molecule has 9 heteroatoms. The van der Waals surface area contributed by atoms with Crippen LogP contribution >= 0.6 is 0 Å². The molecule has 1 aromatic rings. The number of halogens is 3. The van der Waals surface area contributed by atoms with Gasteiger partial charge in [-0.15, -0.1) is 0 Å². The van der Waals surface area contributed by atoms with E-state index in [2.05, 4.69) is 10.6 Å². The molecule has 1 aliphatic rings. The molecule has 0 bridgehead atoms. The van der Waals surface area contributed by atoms with Crippen molar-refractivity contribution in [3.63, 3.8) is 0 Å². The molecule has 0 radical (unpaired) electrons. The minimum Gasteiger partial charge on any atom is -0.322 e. The van der Waals surface area contributed by atoms with E-state index in [9.17, 15) is 26.4 Å². The van der Waals surface area contributed by atoms with Gasteiger partial charge in [0.05, 0.1) is 5.69 Å². The first-order valence-corrected chi connectivity index (χ1v) is 8.43. The smallest absolute Gasteiger partial charge is 0.246 e. The summed E-state index contributed by atoms with van der Waals surface area (Å²) in [4.78, 5) is 12.4. The van der Waals surface area contributed by atoms with Crippen LogP contribution in [-0.4, -0.2) is 38.4 Å². The molecule has 122 valence electrons. The van der Waals surface area contributed by atoms with E-state index in [1.54, 1.807) is 0 Å². The van der Waals surface area contributed by atoms with E-state index < -0.39 is 43.6 Å². The normalized spacial score (nSPS) is 18.0. The van der Waals surface area contributed by atoms with Crippen molar-refractivity contribution in [3.05, 3.63) is 29.6 Å². The maximum absolute atomic E-state index is 13.6. The molecular weight excluding hydrogens is 321 g/mol. The highest BCUT2D eigenvalue weighted by Gasteiger charge is 2.48. The molecule has 1 amide bonds. The summed E-state index contributed by atoms with van der Waals surface area (Å²) >= 11 is 0. The maximum atomic E-state index is 13.6. The van der Waals surface area contributed by atoms with Crippen molar-refractivity contribution >= 4 is 21.4 Å². The summed E-state index contributed by atoms with van der Waals surface area (Å²) < 4.78 is 62.0. The van der Waals surface area contributed by atoms with Crippen LogP contribution in [0.1, 0.15) is 12.8 Å².